The molecule has 1 N–H and O–H groups in total. The molecule has 6 heteroatoms. The Morgan fingerprint density at radius 1 is 1.28 bits per heavy atom. The topological polar surface area (TPSA) is 48.5 Å². The van der Waals surface area contributed by atoms with Crippen LogP contribution in [0.2, 0.25) is 5.02 Å². The van der Waals surface area contributed by atoms with Crippen LogP contribution in [0, 0.1) is 6.92 Å². The molecule has 0 fully saturated rings. The minimum absolute atomic E-state index is 0.0556. The van der Waals surface area contributed by atoms with Crippen LogP contribution < -0.4 is 15.1 Å². The zero-order valence-electron chi connectivity index (χ0n) is 18.1. The summed E-state index contributed by atoms with van der Waals surface area (Å²) in [6.45, 7) is 12.6. The van der Waals surface area contributed by atoms with Crippen molar-refractivity contribution in [2.75, 3.05) is 34.8 Å². The van der Waals surface area contributed by atoms with Crippen molar-refractivity contribution in [1.29, 1.82) is 0 Å². The smallest absolute Gasteiger partial charge is 0.244 e. The summed E-state index contributed by atoms with van der Waals surface area (Å²) in [5.41, 5.74) is 4.71. The summed E-state index contributed by atoms with van der Waals surface area (Å²) >= 11 is 6.65. The van der Waals surface area contributed by atoms with Crippen LogP contribution in [0.1, 0.15) is 57.7 Å². The van der Waals surface area contributed by atoms with Crippen LogP contribution in [0.25, 0.3) is 0 Å². The molecule has 2 aromatic rings. The quantitative estimate of drug-likeness (QED) is 0.614. The maximum atomic E-state index is 12.6. The minimum Gasteiger partial charge on any atom is -0.370 e. The number of nitrogens with zero attached hydrogens (tertiary/aromatic N) is 3. The number of rotatable bonds is 7. The van der Waals surface area contributed by atoms with Gasteiger partial charge >= 0.3 is 0 Å². The molecule has 2 heterocycles. The first-order valence-corrected chi connectivity index (χ1v) is 10.9. The largest absolute Gasteiger partial charge is 0.370 e. The number of pyridine rings is 1. The number of benzene rings is 1. The SMILES string of the molecule is CCCCN(CC)c1cc(C)nc2c1NC(=O)CN2c1ccc(C(C)C)cc1Cl. The van der Waals surface area contributed by atoms with Gasteiger partial charge in [-0.05, 0) is 49.9 Å². The van der Waals surface area contributed by atoms with Crippen LogP contribution in [-0.2, 0) is 4.79 Å². The van der Waals surface area contributed by atoms with E-state index in [4.69, 9.17) is 16.6 Å². The molecule has 1 aliphatic heterocycles. The normalized spacial score (nSPS) is 13.5. The van der Waals surface area contributed by atoms with Crippen LogP contribution in [-0.4, -0.2) is 30.5 Å². The number of carbonyl (C=O) groups excluding carboxylic acids is 1. The van der Waals surface area contributed by atoms with Crippen molar-refractivity contribution in [1.82, 2.24) is 4.98 Å². The van der Waals surface area contributed by atoms with Crippen LogP contribution >= 0.6 is 11.6 Å². The number of hydrogen-bond acceptors (Lipinski definition) is 4. The van der Waals surface area contributed by atoms with E-state index in [1.807, 2.05) is 24.0 Å². The predicted octanol–water partition coefficient (Wildman–Crippen LogP) is 5.88. The van der Waals surface area contributed by atoms with E-state index >= 15 is 0 Å². The first-order valence-electron chi connectivity index (χ1n) is 10.5. The lowest BCUT2D eigenvalue weighted by molar-refractivity contribution is -0.115. The molecule has 1 amide bonds. The van der Waals surface area contributed by atoms with Crippen LogP contribution in [0.3, 0.4) is 0 Å². The van der Waals surface area contributed by atoms with Crippen molar-refractivity contribution in [2.45, 2.75) is 53.4 Å². The van der Waals surface area contributed by atoms with Gasteiger partial charge in [0.1, 0.15) is 12.2 Å². The predicted molar refractivity (Wildman–Crippen MR) is 123 cm³/mol. The van der Waals surface area contributed by atoms with Crippen molar-refractivity contribution in [2.24, 2.45) is 0 Å². The van der Waals surface area contributed by atoms with Crippen molar-refractivity contribution in [3.05, 3.63) is 40.5 Å². The lowest BCUT2D eigenvalue weighted by Crippen LogP contribution is -2.37. The van der Waals surface area contributed by atoms with E-state index in [9.17, 15) is 4.79 Å². The molecule has 0 bridgehead atoms. The molecule has 1 aromatic carbocycles. The molecule has 0 atom stereocenters. The van der Waals surface area contributed by atoms with Crippen molar-refractivity contribution >= 4 is 40.4 Å². The third kappa shape index (κ3) is 4.50. The van der Waals surface area contributed by atoms with E-state index in [2.05, 4.69) is 50.0 Å². The molecular formula is C23H31ClN4O. The van der Waals surface area contributed by atoms with E-state index in [1.54, 1.807) is 0 Å². The van der Waals surface area contributed by atoms with E-state index in [1.165, 1.54) is 5.56 Å². The Labute approximate surface area is 179 Å². The molecular weight excluding hydrogens is 384 g/mol. The molecule has 1 aliphatic rings. The maximum absolute atomic E-state index is 12.6. The Morgan fingerprint density at radius 2 is 2.03 bits per heavy atom. The molecule has 5 nitrogen and oxygen atoms in total. The van der Waals surface area contributed by atoms with E-state index in [0.29, 0.717) is 10.9 Å². The van der Waals surface area contributed by atoms with Crippen LogP contribution in [0.5, 0.6) is 0 Å². The number of nitrogens with one attached hydrogen (secondary N) is 1. The zero-order chi connectivity index (χ0) is 21.1. The van der Waals surface area contributed by atoms with Gasteiger partial charge in [0.05, 0.1) is 16.4 Å². The third-order valence-electron chi connectivity index (χ3n) is 5.36. The Balaban J connectivity index is 2.10. The molecule has 0 radical (unpaired) electrons. The number of anilines is 4. The fourth-order valence-corrected chi connectivity index (χ4v) is 3.99. The highest BCUT2D eigenvalue weighted by Crippen LogP contribution is 2.42. The molecule has 0 saturated carbocycles. The highest BCUT2D eigenvalue weighted by Gasteiger charge is 2.30. The Kier molecular flexibility index (Phi) is 6.68. The van der Waals surface area contributed by atoms with Crippen molar-refractivity contribution < 1.29 is 4.79 Å². The van der Waals surface area contributed by atoms with Crippen molar-refractivity contribution in [3.8, 4) is 0 Å². The number of fused-ring (bicyclic) bond motifs is 1. The molecule has 0 unspecified atom stereocenters. The number of amides is 1. The monoisotopic (exact) mass is 414 g/mol. The van der Waals surface area contributed by atoms with Crippen LogP contribution in [0.4, 0.5) is 22.9 Å². The van der Waals surface area contributed by atoms with Gasteiger partial charge in [0.2, 0.25) is 5.91 Å². The van der Waals surface area contributed by atoms with Gasteiger partial charge < -0.3 is 15.1 Å². The Hall–Kier alpha value is -2.27. The molecule has 156 valence electrons. The number of aryl methyl sites for hydroxylation is 1. The van der Waals surface area contributed by atoms with E-state index < -0.39 is 0 Å². The van der Waals surface area contributed by atoms with Gasteiger partial charge in [-0.2, -0.15) is 0 Å². The summed E-state index contributed by atoms with van der Waals surface area (Å²) in [6.07, 6.45) is 2.23. The average molecular weight is 415 g/mol. The van der Waals surface area contributed by atoms with Gasteiger partial charge in [-0.25, -0.2) is 4.98 Å². The summed E-state index contributed by atoms with van der Waals surface area (Å²) in [7, 11) is 0. The average Bonchev–Trinajstić information content (AvgIpc) is 2.68. The molecule has 1 aromatic heterocycles. The van der Waals surface area contributed by atoms with E-state index in [0.717, 1.165) is 54.5 Å². The van der Waals surface area contributed by atoms with E-state index in [-0.39, 0.29) is 12.5 Å². The third-order valence-corrected chi connectivity index (χ3v) is 5.67. The van der Waals surface area contributed by atoms with Gasteiger partial charge in [0.25, 0.3) is 0 Å². The summed E-state index contributed by atoms with van der Waals surface area (Å²) in [5.74, 6) is 1.09. The fraction of sp³-hybridized carbons (Fsp3) is 0.478. The summed E-state index contributed by atoms with van der Waals surface area (Å²) in [4.78, 5) is 21.6. The lowest BCUT2D eigenvalue weighted by Gasteiger charge is -2.34. The molecule has 3 rings (SSSR count). The van der Waals surface area contributed by atoms with Gasteiger partial charge in [0, 0.05) is 18.8 Å². The van der Waals surface area contributed by atoms with Crippen molar-refractivity contribution in [3.63, 3.8) is 0 Å². The highest BCUT2D eigenvalue weighted by molar-refractivity contribution is 6.33. The Morgan fingerprint density at radius 3 is 2.66 bits per heavy atom. The number of unbranched alkanes of at least 4 members (excludes halogenated alkanes) is 1. The summed E-state index contributed by atoms with van der Waals surface area (Å²) < 4.78 is 0. The summed E-state index contributed by atoms with van der Waals surface area (Å²) in [5, 5.41) is 3.71. The van der Waals surface area contributed by atoms with Gasteiger partial charge in [-0.3, -0.25) is 4.79 Å². The molecule has 0 spiro atoms. The zero-order valence-corrected chi connectivity index (χ0v) is 18.8. The molecule has 0 saturated heterocycles. The second-order valence-corrected chi connectivity index (χ2v) is 8.32. The van der Waals surface area contributed by atoms with Crippen LogP contribution in [0.15, 0.2) is 24.3 Å². The first-order chi connectivity index (χ1) is 13.8. The van der Waals surface area contributed by atoms with Gasteiger partial charge in [-0.1, -0.05) is 44.9 Å². The number of halogens is 1. The summed E-state index contributed by atoms with van der Waals surface area (Å²) in [6, 6.07) is 8.13. The standard InChI is InChI=1S/C23H31ClN4O/c1-6-8-11-27(7-2)20-12-16(5)25-23-22(20)26-21(29)14-28(23)19-10-9-17(15(3)4)13-18(19)24/h9-10,12-13,15H,6-8,11,14H2,1-5H3,(H,26,29). The molecule has 29 heavy (non-hydrogen) atoms. The maximum Gasteiger partial charge on any atom is 0.244 e. The van der Waals surface area contributed by atoms with Gasteiger partial charge in [-0.15, -0.1) is 0 Å². The second-order valence-electron chi connectivity index (χ2n) is 7.91. The Bertz CT molecular complexity index is 897. The number of carbonyl (C=O) groups is 1. The molecule has 0 aliphatic carbocycles. The fourth-order valence-electron chi connectivity index (χ4n) is 3.70. The lowest BCUT2D eigenvalue weighted by atomic mass is 10.0. The highest BCUT2D eigenvalue weighted by atomic mass is 35.5. The first kappa shape index (κ1) is 21.4. The number of hydrogen-bond donors (Lipinski definition) is 1. The number of aromatic nitrogens is 1. The second kappa shape index (κ2) is 9.04. The minimum atomic E-state index is -0.0556. The van der Waals surface area contributed by atoms with Gasteiger partial charge in [0.15, 0.2) is 5.82 Å².